The van der Waals surface area contributed by atoms with Crippen LogP contribution in [-0.4, -0.2) is 7.11 Å². The zero-order chi connectivity index (χ0) is 17.8. The van der Waals surface area contributed by atoms with Gasteiger partial charge in [-0.25, -0.2) is 0 Å². The number of rotatable bonds is 4. The van der Waals surface area contributed by atoms with Crippen LogP contribution in [0.4, 0.5) is 0 Å². The highest BCUT2D eigenvalue weighted by atomic mass is 31.0. The summed E-state index contributed by atoms with van der Waals surface area (Å²) in [5.41, 5.74) is 4.93. The van der Waals surface area contributed by atoms with E-state index < -0.39 is 0 Å². The van der Waals surface area contributed by atoms with E-state index in [-0.39, 0.29) is 0 Å². The van der Waals surface area contributed by atoms with Gasteiger partial charge in [0, 0.05) is 10.6 Å². The molecule has 0 amide bonds. The van der Waals surface area contributed by atoms with Crippen molar-refractivity contribution < 1.29 is 4.74 Å². The molecule has 1 nitrogen and oxygen atoms in total. The van der Waals surface area contributed by atoms with Gasteiger partial charge in [0.05, 0.1) is 7.11 Å². The molecule has 1 aromatic heterocycles. The van der Waals surface area contributed by atoms with Crippen LogP contribution in [0, 0.1) is 0 Å². The van der Waals surface area contributed by atoms with Crippen LogP contribution < -0.4 is 4.74 Å². The molecule has 0 unspecified atom stereocenters. The summed E-state index contributed by atoms with van der Waals surface area (Å²) >= 11 is 0. The first-order valence-electron chi connectivity index (χ1n) is 8.61. The van der Waals surface area contributed by atoms with E-state index in [1.807, 2.05) is 12.1 Å². The maximum absolute atomic E-state index is 5.42. The number of ether oxygens (including phenoxy) is 1. The average molecular weight is 354 g/mol. The summed E-state index contributed by atoms with van der Waals surface area (Å²) in [5, 5.41) is 2.59. The van der Waals surface area contributed by atoms with Crippen molar-refractivity contribution in [3.63, 3.8) is 0 Å². The molecule has 4 rings (SSSR count). The van der Waals surface area contributed by atoms with Gasteiger partial charge in [-0.2, -0.15) is 0 Å². The Morgan fingerprint density at radius 1 is 0.538 bits per heavy atom. The lowest BCUT2D eigenvalue weighted by molar-refractivity contribution is 0.415. The molecule has 0 aliphatic heterocycles. The summed E-state index contributed by atoms with van der Waals surface area (Å²) in [6, 6.07) is 34.0. The third-order valence-corrected chi connectivity index (χ3v) is 5.62. The van der Waals surface area contributed by atoms with Gasteiger partial charge in [0.25, 0.3) is 0 Å². The average Bonchev–Trinajstić information content (AvgIpc) is 2.75. The summed E-state index contributed by atoms with van der Waals surface area (Å²) in [4.78, 5) is 0. The van der Waals surface area contributed by atoms with Crippen molar-refractivity contribution in [2.75, 3.05) is 7.11 Å². The second-order valence-corrected chi connectivity index (χ2v) is 7.28. The van der Waals surface area contributed by atoms with E-state index in [2.05, 4.69) is 84.9 Å². The third-order valence-electron chi connectivity index (χ3n) is 4.37. The van der Waals surface area contributed by atoms with E-state index in [9.17, 15) is 0 Å². The zero-order valence-corrected chi connectivity index (χ0v) is 15.5. The van der Waals surface area contributed by atoms with Crippen LogP contribution in [0.15, 0.2) is 97.1 Å². The summed E-state index contributed by atoms with van der Waals surface area (Å²) in [6.45, 7) is 0. The van der Waals surface area contributed by atoms with E-state index in [1.165, 1.54) is 41.0 Å². The highest BCUT2D eigenvalue weighted by Crippen LogP contribution is 2.41. The highest BCUT2D eigenvalue weighted by Gasteiger charge is 2.08. The van der Waals surface area contributed by atoms with Gasteiger partial charge in [-0.3, -0.25) is 0 Å². The molecule has 0 bridgehead atoms. The van der Waals surface area contributed by atoms with E-state index in [0.717, 1.165) is 5.75 Å². The lowest BCUT2D eigenvalue weighted by Crippen LogP contribution is -1.84. The molecule has 0 N–H and O–H groups in total. The van der Waals surface area contributed by atoms with Crippen LogP contribution in [-0.2, 0) is 0 Å². The first kappa shape index (κ1) is 16.6. The lowest BCUT2D eigenvalue weighted by atomic mass is 10.0. The van der Waals surface area contributed by atoms with Gasteiger partial charge in [-0.05, 0) is 46.5 Å². The summed E-state index contributed by atoms with van der Waals surface area (Å²) in [5.74, 6) is 0.885. The van der Waals surface area contributed by atoms with Crippen molar-refractivity contribution in [3.8, 4) is 38.6 Å². The zero-order valence-electron chi connectivity index (χ0n) is 14.6. The summed E-state index contributed by atoms with van der Waals surface area (Å²) in [6.07, 6.45) is 0. The normalized spacial score (nSPS) is 10.8. The maximum atomic E-state index is 5.42. The largest absolute Gasteiger partial charge is 0.497 e. The van der Waals surface area contributed by atoms with Crippen molar-refractivity contribution >= 4 is 8.19 Å². The van der Waals surface area contributed by atoms with Crippen molar-refractivity contribution in [2.45, 2.75) is 0 Å². The number of hydrogen-bond donors (Lipinski definition) is 0. The number of benzene rings is 3. The first-order valence-corrected chi connectivity index (χ1v) is 9.50. The fraction of sp³-hybridized carbons (Fsp3) is 0.0417. The Morgan fingerprint density at radius 3 is 1.77 bits per heavy atom. The molecule has 3 aromatic carbocycles. The van der Waals surface area contributed by atoms with E-state index in [1.54, 1.807) is 7.11 Å². The van der Waals surface area contributed by atoms with E-state index in [0.29, 0.717) is 0 Å². The number of hydrogen-bond acceptors (Lipinski definition) is 1. The van der Waals surface area contributed by atoms with Gasteiger partial charge in [0.1, 0.15) is 5.75 Å². The van der Waals surface area contributed by atoms with Gasteiger partial charge < -0.3 is 4.74 Å². The molecule has 26 heavy (non-hydrogen) atoms. The van der Waals surface area contributed by atoms with Crippen LogP contribution in [0.3, 0.4) is 0 Å². The molecule has 2 heteroatoms. The predicted molar refractivity (Wildman–Crippen MR) is 112 cm³/mol. The van der Waals surface area contributed by atoms with Crippen LogP contribution in [0.5, 0.6) is 5.75 Å². The second kappa shape index (κ2) is 7.56. The molecule has 0 fully saturated rings. The van der Waals surface area contributed by atoms with Crippen molar-refractivity contribution in [3.05, 3.63) is 97.1 Å². The van der Waals surface area contributed by atoms with E-state index in [4.69, 9.17) is 4.74 Å². The minimum atomic E-state index is 0.885. The fourth-order valence-electron chi connectivity index (χ4n) is 3.01. The Kier molecular flexibility index (Phi) is 4.82. The third kappa shape index (κ3) is 3.54. The molecule has 126 valence electrons. The van der Waals surface area contributed by atoms with Crippen LogP contribution in [0.2, 0.25) is 0 Å². The molecule has 0 spiro atoms. The summed E-state index contributed by atoms with van der Waals surface area (Å²) < 4.78 is 5.42. The van der Waals surface area contributed by atoms with Gasteiger partial charge in [-0.15, -0.1) is 0 Å². The molecule has 1 heterocycles. The highest BCUT2D eigenvalue weighted by molar-refractivity contribution is 7.37. The summed E-state index contributed by atoms with van der Waals surface area (Å²) in [7, 11) is 2.92. The lowest BCUT2D eigenvalue weighted by Gasteiger charge is -2.11. The molecular weight excluding hydrogens is 335 g/mol. The Bertz CT molecular complexity index is 953. The first-order chi connectivity index (χ1) is 12.8. The van der Waals surface area contributed by atoms with Crippen LogP contribution in [0.25, 0.3) is 32.8 Å². The molecule has 0 aliphatic carbocycles. The van der Waals surface area contributed by atoms with Crippen LogP contribution >= 0.6 is 8.19 Å². The van der Waals surface area contributed by atoms with Crippen molar-refractivity contribution in [2.24, 2.45) is 0 Å². The quantitative estimate of drug-likeness (QED) is 0.374. The molecule has 0 aliphatic rings. The molecule has 4 aromatic rings. The molecule has 0 saturated carbocycles. The predicted octanol–water partition coefficient (Wildman–Crippen LogP) is 7.28. The fourth-order valence-corrected chi connectivity index (χ4v) is 4.23. The molecule has 0 atom stereocenters. The minimum Gasteiger partial charge on any atom is -0.497 e. The van der Waals surface area contributed by atoms with E-state index >= 15 is 0 Å². The van der Waals surface area contributed by atoms with Gasteiger partial charge in [-0.1, -0.05) is 81.0 Å². The van der Waals surface area contributed by atoms with Crippen molar-refractivity contribution in [1.29, 1.82) is 0 Å². The SMILES string of the molecule is COc1cccc(-c2cc(-c3ccccc3)cc(-c3ccccc3)p2)c1. The smallest absolute Gasteiger partial charge is 0.119 e. The van der Waals surface area contributed by atoms with Gasteiger partial charge in [0.15, 0.2) is 0 Å². The topological polar surface area (TPSA) is 9.23 Å². The minimum absolute atomic E-state index is 0.885. The second-order valence-electron chi connectivity index (χ2n) is 6.09. The Hall–Kier alpha value is -2.89. The standard InChI is InChI=1S/C24H19OP/c1-25-22-14-8-13-20(15-22)24-17-21(18-9-4-2-5-10-18)16-23(26-24)19-11-6-3-7-12-19/h2-17H,1H3. The van der Waals surface area contributed by atoms with Crippen molar-refractivity contribution in [1.82, 2.24) is 0 Å². The monoisotopic (exact) mass is 354 g/mol. The molecule has 0 radical (unpaired) electrons. The maximum Gasteiger partial charge on any atom is 0.119 e. The number of methoxy groups -OCH3 is 1. The molecular formula is C24H19OP. The Morgan fingerprint density at radius 2 is 1.12 bits per heavy atom. The molecule has 0 saturated heterocycles. The van der Waals surface area contributed by atoms with Gasteiger partial charge in [0.2, 0.25) is 0 Å². The van der Waals surface area contributed by atoms with Gasteiger partial charge >= 0.3 is 0 Å². The Balaban J connectivity index is 1.90. The van der Waals surface area contributed by atoms with Crippen LogP contribution in [0.1, 0.15) is 0 Å². The Labute approximate surface area is 156 Å².